The average Bonchev–Trinajstić information content (AvgIpc) is 2.24. The summed E-state index contributed by atoms with van der Waals surface area (Å²) in [7, 11) is -6.85. The molecule has 1 aromatic rings. The van der Waals surface area contributed by atoms with E-state index in [0.29, 0.717) is 0 Å². The first-order chi connectivity index (χ1) is 10.8. The zero-order chi connectivity index (χ0) is 20.2. The van der Waals surface area contributed by atoms with Crippen LogP contribution in [0.15, 0.2) is 17.0 Å². The third kappa shape index (κ3) is 3.60. The second-order valence-corrected chi connectivity index (χ2v) is 18.3. The average molecular weight is 385 g/mol. The summed E-state index contributed by atoms with van der Waals surface area (Å²) in [6.07, 6.45) is 0. The summed E-state index contributed by atoms with van der Waals surface area (Å²) in [6.45, 7) is 23.9. The van der Waals surface area contributed by atoms with Gasteiger partial charge in [-0.3, -0.25) is 4.55 Å². The first-order valence-corrected chi connectivity index (χ1v) is 12.3. The van der Waals surface area contributed by atoms with Crippen molar-refractivity contribution < 1.29 is 13.0 Å². The van der Waals surface area contributed by atoms with Crippen molar-refractivity contribution >= 4 is 23.4 Å². The second-order valence-electron chi connectivity index (χ2n) is 10.4. The van der Waals surface area contributed by atoms with Crippen molar-refractivity contribution in [3.63, 3.8) is 0 Å². The molecule has 0 heterocycles. The maximum Gasteiger partial charge on any atom is 0.294 e. The third-order valence-corrected chi connectivity index (χ3v) is 14.7. The molecule has 1 rings (SSSR count). The van der Waals surface area contributed by atoms with Crippen molar-refractivity contribution in [1.29, 1.82) is 0 Å². The molecule has 1 aromatic carbocycles. The van der Waals surface area contributed by atoms with Crippen molar-refractivity contribution in [2.24, 2.45) is 0 Å². The molecule has 25 heavy (non-hydrogen) atoms. The molecule has 0 bridgehead atoms. The first kappa shape index (κ1) is 22.4. The highest BCUT2D eigenvalue weighted by Gasteiger charge is 2.62. The number of hydrogen-bond donors (Lipinski definition) is 1. The lowest BCUT2D eigenvalue weighted by Gasteiger charge is -2.60. The summed E-state index contributed by atoms with van der Waals surface area (Å²) in [5, 5.41) is 0.558. The Kier molecular flexibility index (Phi) is 5.56. The third-order valence-electron chi connectivity index (χ3n) is 5.47. The maximum absolute atomic E-state index is 12.4. The van der Waals surface area contributed by atoms with E-state index in [0.717, 1.165) is 16.3 Å². The summed E-state index contributed by atoms with van der Waals surface area (Å²) in [6, 6.07) is 3.69. The largest absolute Gasteiger partial charge is 0.294 e. The molecule has 0 aliphatic heterocycles. The van der Waals surface area contributed by atoms with E-state index < -0.39 is 18.2 Å². The molecule has 0 saturated carbocycles. The van der Waals surface area contributed by atoms with Gasteiger partial charge in [0.15, 0.2) is 0 Å². The lowest BCUT2D eigenvalue weighted by molar-refractivity contribution is 0.483. The Balaban J connectivity index is 4.34. The van der Waals surface area contributed by atoms with Crippen LogP contribution in [0.2, 0.25) is 15.1 Å². The van der Waals surface area contributed by atoms with Gasteiger partial charge in [-0.2, -0.15) is 8.42 Å². The zero-order valence-electron chi connectivity index (χ0n) is 17.8. The molecule has 1 N–H and O–H groups in total. The lowest BCUT2D eigenvalue weighted by atomic mass is 10.1. The van der Waals surface area contributed by atoms with E-state index in [9.17, 15) is 13.0 Å². The van der Waals surface area contributed by atoms with Crippen LogP contribution in [-0.4, -0.2) is 21.0 Å². The fourth-order valence-corrected chi connectivity index (χ4v) is 17.8. The molecule has 0 unspecified atom stereocenters. The second kappa shape index (κ2) is 6.21. The molecule has 0 amide bonds. The van der Waals surface area contributed by atoms with Crippen LogP contribution < -0.4 is 5.19 Å². The van der Waals surface area contributed by atoms with E-state index in [2.05, 4.69) is 68.4 Å². The quantitative estimate of drug-likeness (QED) is 0.533. The Labute approximate surface area is 156 Å². The minimum absolute atomic E-state index is 0.108. The summed E-state index contributed by atoms with van der Waals surface area (Å²) < 4.78 is 34.8. The van der Waals surface area contributed by atoms with Crippen molar-refractivity contribution in [1.82, 2.24) is 0 Å². The predicted octanol–water partition coefficient (Wildman–Crippen LogP) is 5.61. The van der Waals surface area contributed by atoms with E-state index in [1.807, 2.05) is 13.8 Å². The van der Waals surface area contributed by atoms with Gasteiger partial charge in [0.25, 0.3) is 10.1 Å². The molecule has 0 atom stereocenters. The van der Waals surface area contributed by atoms with Gasteiger partial charge >= 0.3 is 0 Å². The first-order valence-electron chi connectivity index (χ1n) is 8.87. The Morgan fingerprint density at radius 2 is 1.16 bits per heavy atom. The highest BCUT2D eigenvalue weighted by atomic mass is 32.2. The summed E-state index contributed by atoms with van der Waals surface area (Å²) in [5.74, 6) is 0. The van der Waals surface area contributed by atoms with Crippen molar-refractivity contribution in [3.05, 3.63) is 23.3 Å². The van der Waals surface area contributed by atoms with Gasteiger partial charge in [-0.05, 0) is 45.8 Å². The number of hydrogen-bond acceptors (Lipinski definition) is 2. The van der Waals surface area contributed by atoms with Crippen molar-refractivity contribution in [2.75, 3.05) is 0 Å². The molecule has 0 saturated heterocycles. The van der Waals surface area contributed by atoms with Crippen LogP contribution in [0.1, 0.15) is 73.4 Å². The van der Waals surface area contributed by atoms with Gasteiger partial charge in [0.2, 0.25) is 0 Å². The standard InChI is InChI=1S/C20H36O3SSi/c1-14-12-15(2)17(16(13-14)24(21,22)23)25(18(3,4)5,19(6,7)8)20(9,10)11/h12-13H,1-11H3,(H,21,22,23). The van der Waals surface area contributed by atoms with Crippen LogP contribution in [0.5, 0.6) is 0 Å². The minimum Gasteiger partial charge on any atom is -0.282 e. The monoisotopic (exact) mass is 384 g/mol. The molecule has 0 spiro atoms. The van der Waals surface area contributed by atoms with Crippen LogP contribution >= 0.6 is 0 Å². The van der Waals surface area contributed by atoms with Gasteiger partial charge in [0, 0.05) is 0 Å². The predicted molar refractivity (Wildman–Crippen MR) is 110 cm³/mol. The van der Waals surface area contributed by atoms with Crippen molar-refractivity contribution in [3.8, 4) is 0 Å². The molecular weight excluding hydrogens is 348 g/mol. The summed E-state index contributed by atoms with van der Waals surface area (Å²) in [5.41, 5.74) is 1.83. The van der Waals surface area contributed by atoms with E-state index >= 15 is 0 Å². The molecule has 0 radical (unpaired) electrons. The molecule has 3 nitrogen and oxygen atoms in total. The smallest absolute Gasteiger partial charge is 0.282 e. The highest BCUT2D eigenvalue weighted by Crippen LogP contribution is 2.62. The van der Waals surface area contributed by atoms with Gasteiger partial charge in [0.1, 0.15) is 8.07 Å². The topological polar surface area (TPSA) is 54.4 Å². The molecule has 0 aromatic heterocycles. The normalized spacial score (nSPS) is 14.7. The summed E-state index contributed by atoms with van der Waals surface area (Å²) in [4.78, 5) is 0.108. The zero-order valence-corrected chi connectivity index (χ0v) is 19.6. The highest BCUT2D eigenvalue weighted by molar-refractivity contribution is 7.86. The van der Waals surface area contributed by atoms with E-state index in [1.165, 1.54) is 0 Å². The lowest BCUT2D eigenvalue weighted by Crippen LogP contribution is -2.68. The molecule has 5 heteroatoms. The Hall–Kier alpha value is -0.653. The molecular formula is C20H36O3SSi. The molecule has 0 fully saturated rings. The fourth-order valence-electron chi connectivity index (χ4n) is 6.11. The Morgan fingerprint density at radius 1 is 0.800 bits per heavy atom. The van der Waals surface area contributed by atoms with Crippen LogP contribution in [0.3, 0.4) is 0 Å². The van der Waals surface area contributed by atoms with Gasteiger partial charge < -0.3 is 0 Å². The van der Waals surface area contributed by atoms with Crippen molar-refractivity contribution in [2.45, 2.75) is 96.2 Å². The minimum atomic E-state index is -4.31. The Morgan fingerprint density at radius 3 is 1.44 bits per heavy atom. The summed E-state index contributed by atoms with van der Waals surface area (Å²) >= 11 is 0. The van der Waals surface area contributed by atoms with E-state index in [1.54, 1.807) is 6.07 Å². The van der Waals surface area contributed by atoms with Gasteiger partial charge in [-0.25, -0.2) is 0 Å². The number of rotatable bonds is 2. The van der Waals surface area contributed by atoms with Crippen LogP contribution in [0.4, 0.5) is 0 Å². The van der Waals surface area contributed by atoms with Gasteiger partial charge in [-0.1, -0.05) is 73.9 Å². The van der Waals surface area contributed by atoms with Crippen LogP contribution in [0, 0.1) is 13.8 Å². The SMILES string of the molecule is Cc1cc(C)c([Si](C(C)(C)C)(C(C)(C)C)C(C)(C)C)c(S(=O)(=O)O)c1. The van der Waals surface area contributed by atoms with E-state index in [4.69, 9.17) is 0 Å². The van der Waals surface area contributed by atoms with Crippen LogP contribution in [-0.2, 0) is 10.1 Å². The Bertz CT molecular complexity index is 722. The number of benzene rings is 1. The molecule has 0 aliphatic carbocycles. The fraction of sp³-hybridized carbons (Fsp3) is 0.700. The van der Waals surface area contributed by atoms with E-state index in [-0.39, 0.29) is 20.0 Å². The molecule has 0 aliphatic rings. The van der Waals surface area contributed by atoms with Gasteiger partial charge in [0.05, 0.1) is 4.90 Å². The maximum atomic E-state index is 12.4. The molecule has 144 valence electrons. The number of aryl methyl sites for hydroxylation is 2. The van der Waals surface area contributed by atoms with Gasteiger partial charge in [-0.15, -0.1) is 0 Å². The van der Waals surface area contributed by atoms with Crippen LogP contribution in [0.25, 0.3) is 0 Å².